The van der Waals surface area contributed by atoms with E-state index in [0.717, 1.165) is 22.5 Å². The van der Waals surface area contributed by atoms with Gasteiger partial charge >= 0.3 is 0 Å². The second kappa shape index (κ2) is 7.24. The summed E-state index contributed by atoms with van der Waals surface area (Å²) in [4.78, 5) is 8.70. The molecule has 1 aromatic carbocycles. The molecule has 1 atom stereocenters. The van der Waals surface area contributed by atoms with Gasteiger partial charge in [0, 0.05) is 36.2 Å². The number of hydrogen-bond donors (Lipinski definition) is 0. The number of hydrogen-bond acceptors (Lipinski definition) is 6. The van der Waals surface area contributed by atoms with E-state index in [0.29, 0.717) is 24.1 Å². The van der Waals surface area contributed by atoms with Crippen LogP contribution >= 0.6 is 0 Å². The van der Waals surface area contributed by atoms with Crippen molar-refractivity contribution in [1.82, 2.24) is 30.1 Å². The van der Waals surface area contributed by atoms with Crippen LogP contribution in [-0.4, -0.2) is 30.1 Å². The fourth-order valence-electron chi connectivity index (χ4n) is 3.67. The maximum absolute atomic E-state index is 5.50. The van der Waals surface area contributed by atoms with Crippen molar-refractivity contribution in [1.29, 1.82) is 0 Å². The molecular formula is C22H22N6O. The van der Waals surface area contributed by atoms with Crippen LogP contribution in [0.4, 0.5) is 0 Å². The Morgan fingerprint density at radius 3 is 2.76 bits per heavy atom. The van der Waals surface area contributed by atoms with Crippen LogP contribution in [0.2, 0.25) is 0 Å². The number of aryl methyl sites for hydroxylation is 1. The maximum atomic E-state index is 5.50. The third-order valence-corrected chi connectivity index (χ3v) is 5.29. The van der Waals surface area contributed by atoms with Crippen molar-refractivity contribution in [2.75, 3.05) is 0 Å². The van der Waals surface area contributed by atoms with Gasteiger partial charge in [-0.15, -0.1) is 5.10 Å². The van der Waals surface area contributed by atoms with Gasteiger partial charge in [-0.1, -0.05) is 35.0 Å². The molecule has 1 aliphatic carbocycles. The zero-order chi connectivity index (χ0) is 19.8. The van der Waals surface area contributed by atoms with Crippen LogP contribution in [0.5, 0.6) is 0 Å². The van der Waals surface area contributed by atoms with Gasteiger partial charge in [0.15, 0.2) is 5.82 Å². The Morgan fingerprint density at radius 2 is 2.00 bits per heavy atom. The summed E-state index contributed by atoms with van der Waals surface area (Å²) in [5, 5.41) is 13.2. The minimum atomic E-state index is 0.143. The first kappa shape index (κ1) is 17.7. The maximum Gasteiger partial charge on any atom is 0.257 e. The minimum absolute atomic E-state index is 0.143. The van der Waals surface area contributed by atoms with Gasteiger partial charge in [-0.25, -0.2) is 4.68 Å². The van der Waals surface area contributed by atoms with Crippen LogP contribution < -0.4 is 0 Å². The molecule has 4 aromatic rings. The first-order valence-corrected chi connectivity index (χ1v) is 9.94. The predicted molar refractivity (Wildman–Crippen MR) is 108 cm³/mol. The van der Waals surface area contributed by atoms with Crippen LogP contribution in [0.15, 0.2) is 53.3 Å². The fourth-order valence-corrected chi connectivity index (χ4v) is 3.67. The standard InChI is InChI=1S/C22H22N6O/c1-14-4-3-5-17(12-14)22-24-19(26-29-22)13-15(2)20-21(16-6-7-16)28(27-25-20)18-8-10-23-11-9-18/h3-5,8-12,15-16H,6-7,13H2,1-2H3. The van der Waals surface area contributed by atoms with Crippen molar-refractivity contribution < 1.29 is 4.52 Å². The molecule has 1 saturated carbocycles. The monoisotopic (exact) mass is 386 g/mol. The van der Waals surface area contributed by atoms with Crippen molar-refractivity contribution in [3.05, 3.63) is 71.6 Å². The molecule has 29 heavy (non-hydrogen) atoms. The van der Waals surface area contributed by atoms with E-state index in [1.165, 1.54) is 18.5 Å². The summed E-state index contributed by atoms with van der Waals surface area (Å²) < 4.78 is 7.46. The van der Waals surface area contributed by atoms with Crippen LogP contribution in [0.25, 0.3) is 17.1 Å². The van der Waals surface area contributed by atoms with Crippen molar-refractivity contribution in [3.63, 3.8) is 0 Å². The molecule has 3 aromatic heterocycles. The summed E-state index contributed by atoms with van der Waals surface area (Å²) in [6.45, 7) is 4.20. The van der Waals surface area contributed by atoms with Gasteiger partial charge in [-0.05, 0) is 44.0 Å². The lowest BCUT2D eigenvalue weighted by molar-refractivity contribution is 0.420. The molecule has 0 N–H and O–H groups in total. The Morgan fingerprint density at radius 1 is 1.17 bits per heavy atom. The first-order chi connectivity index (χ1) is 14.2. The van der Waals surface area contributed by atoms with Crippen LogP contribution in [-0.2, 0) is 6.42 Å². The molecular weight excluding hydrogens is 364 g/mol. The van der Waals surface area contributed by atoms with Gasteiger partial charge in [0.1, 0.15) is 0 Å². The quantitative estimate of drug-likeness (QED) is 0.493. The second-order valence-corrected chi connectivity index (χ2v) is 7.74. The molecule has 0 amide bonds. The molecule has 1 unspecified atom stereocenters. The van der Waals surface area contributed by atoms with E-state index in [1.54, 1.807) is 12.4 Å². The highest BCUT2D eigenvalue weighted by Gasteiger charge is 2.33. The lowest BCUT2D eigenvalue weighted by atomic mass is 9.99. The zero-order valence-corrected chi connectivity index (χ0v) is 16.5. The molecule has 0 spiro atoms. The second-order valence-electron chi connectivity index (χ2n) is 7.74. The number of nitrogens with zero attached hydrogens (tertiary/aromatic N) is 6. The predicted octanol–water partition coefficient (Wildman–Crippen LogP) is 4.24. The topological polar surface area (TPSA) is 82.5 Å². The molecule has 1 fully saturated rings. The highest BCUT2D eigenvalue weighted by atomic mass is 16.5. The summed E-state index contributed by atoms with van der Waals surface area (Å²) >= 11 is 0. The largest absolute Gasteiger partial charge is 0.334 e. The molecule has 7 nitrogen and oxygen atoms in total. The molecule has 0 radical (unpaired) electrons. The molecule has 0 aliphatic heterocycles. The third kappa shape index (κ3) is 3.55. The molecule has 3 heterocycles. The Labute approximate surface area is 168 Å². The fraction of sp³-hybridized carbons (Fsp3) is 0.318. The summed E-state index contributed by atoms with van der Waals surface area (Å²) in [7, 11) is 0. The third-order valence-electron chi connectivity index (χ3n) is 5.29. The van der Waals surface area contributed by atoms with E-state index in [9.17, 15) is 0 Å². The van der Waals surface area contributed by atoms with Gasteiger partial charge in [0.25, 0.3) is 5.89 Å². The van der Waals surface area contributed by atoms with E-state index in [1.807, 2.05) is 48.0 Å². The summed E-state index contributed by atoms with van der Waals surface area (Å²) in [6, 6.07) is 12.0. The summed E-state index contributed by atoms with van der Waals surface area (Å²) in [5.74, 6) is 1.90. The zero-order valence-electron chi connectivity index (χ0n) is 16.5. The molecule has 7 heteroatoms. The Hall–Kier alpha value is -3.35. The average molecular weight is 386 g/mol. The molecule has 1 aliphatic rings. The van der Waals surface area contributed by atoms with Gasteiger partial charge < -0.3 is 4.52 Å². The van der Waals surface area contributed by atoms with Crippen LogP contribution in [0, 0.1) is 6.92 Å². The minimum Gasteiger partial charge on any atom is -0.334 e. The molecule has 5 rings (SSSR count). The number of rotatable bonds is 6. The first-order valence-electron chi connectivity index (χ1n) is 9.94. The number of benzene rings is 1. The van der Waals surface area contributed by atoms with Crippen LogP contribution in [0.3, 0.4) is 0 Å². The normalized spacial score (nSPS) is 14.8. The van der Waals surface area contributed by atoms with E-state index in [2.05, 4.69) is 32.4 Å². The summed E-state index contributed by atoms with van der Waals surface area (Å²) in [5.41, 5.74) is 5.32. The lowest BCUT2D eigenvalue weighted by Gasteiger charge is -2.10. The van der Waals surface area contributed by atoms with Gasteiger partial charge in [0.05, 0.1) is 17.1 Å². The van der Waals surface area contributed by atoms with Crippen molar-refractivity contribution in [3.8, 4) is 17.1 Å². The summed E-state index contributed by atoms with van der Waals surface area (Å²) in [6.07, 6.45) is 6.58. The molecule has 0 saturated heterocycles. The van der Waals surface area contributed by atoms with E-state index >= 15 is 0 Å². The number of aromatic nitrogens is 6. The van der Waals surface area contributed by atoms with Gasteiger partial charge in [-0.3, -0.25) is 4.98 Å². The Balaban J connectivity index is 1.41. The Kier molecular flexibility index (Phi) is 4.42. The van der Waals surface area contributed by atoms with E-state index < -0.39 is 0 Å². The average Bonchev–Trinajstić information content (AvgIpc) is 3.30. The SMILES string of the molecule is Cc1cccc(-c2nc(CC(C)c3nnn(-c4ccncc4)c3C3CC3)no2)c1. The lowest BCUT2D eigenvalue weighted by Crippen LogP contribution is -2.06. The van der Waals surface area contributed by atoms with Gasteiger partial charge in [0.2, 0.25) is 0 Å². The van der Waals surface area contributed by atoms with Crippen molar-refractivity contribution in [2.45, 2.75) is 44.9 Å². The van der Waals surface area contributed by atoms with Gasteiger partial charge in [-0.2, -0.15) is 4.98 Å². The van der Waals surface area contributed by atoms with E-state index in [4.69, 9.17) is 4.52 Å². The molecule has 146 valence electrons. The van der Waals surface area contributed by atoms with E-state index in [-0.39, 0.29) is 5.92 Å². The highest BCUT2D eigenvalue weighted by Crippen LogP contribution is 2.43. The highest BCUT2D eigenvalue weighted by molar-refractivity contribution is 5.53. The molecule has 0 bridgehead atoms. The smallest absolute Gasteiger partial charge is 0.257 e. The number of pyridine rings is 1. The van der Waals surface area contributed by atoms with Crippen LogP contribution in [0.1, 0.15) is 54.4 Å². The Bertz CT molecular complexity index is 1130. The van der Waals surface area contributed by atoms with Crippen molar-refractivity contribution >= 4 is 0 Å². The van der Waals surface area contributed by atoms with Crippen molar-refractivity contribution in [2.24, 2.45) is 0 Å².